The minimum absolute atomic E-state index is 0.0573. The number of amides is 3. The second kappa shape index (κ2) is 28.6. The van der Waals surface area contributed by atoms with Crippen molar-refractivity contribution in [2.75, 3.05) is 101 Å². The molecule has 0 saturated heterocycles. The first-order chi connectivity index (χ1) is 26.6. The highest BCUT2D eigenvalue weighted by atomic mass is 16.2. The number of nitrogens with one attached hydrogen (secondary N) is 3. The standard InChI is InChI=1S/C44H85N7O6/c1-14-17-19-37(52)29-34(16-3)40(55)44(6,7)33-35(41(56)47-22-24-51(13)28-26-49(10)11)30-38(53)43(4,5)32-36(42(57)46-20-18-15-2)31-39(54)45-21-23-50(12)27-25-48(8)9/h34-36H,14-33H2,1-13H3,(H,45,54)(H,46,57)(H,47,56). The van der Waals surface area contributed by atoms with Crippen LogP contribution in [0.2, 0.25) is 0 Å². The fraction of sp³-hybridized carbons (Fsp3) is 0.864. The number of likely N-dealkylation sites (N-methyl/N-ethyl adjacent to an activating group) is 4. The Labute approximate surface area is 347 Å². The molecule has 0 aliphatic rings. The summed E-state index contributed by atoms with van der Waals surface area (Å²) in [4.78, 5) is 90.1. The van der Waals surface area contributed by atoms with Crippen LogP contribution >= 0.6 is 0 Å². The highest BCUT2D eigenvalue weighted by Crippen LogP contribution is 2.37. The van der Waals surface area contributed by atoms with Crippen molar-refractivity contribution in [3.63, 3.8) is 0 Å². The summed E-state index contributed by atoms with van der Waals surface area (Å²) in [6, 6.07) is 0. The minimum atomic E-state index is -1.05. The predicted octanol–water partition coefficient (Wildman–Crippen LogP) is 4.28. The van der Waals surface area contributed by atoms with E-state index in [2.05, 4.69) is 35.6 Å². The smallest absolute Gasteiger partial charge is 0.223 e. The monoisotopic (exact) mass is 808 g/mol. The van der Waals surface area contributed by atoms with E-state index in [1.807, 2.05) is 76.9 Å². The average Bonchev–Trinajstić information content (AvgIpc) is 3.13. The topological polar surface area (TPSA) is 151 Å². The minimum Gasteiger partial charge on any atom is -0.356 e. The van der Waals surface area contributed by atoms with Gasteiger partial charge in [0.1, 0.15) is 17.3 Å². The molecule has 0 saturated carbocycles. The van der Waals surface area contributed by atoms with Crippen molar-refractivity contribution in [3.05, 3.63) is 0 Å². The van der Waals surface area contributed by atoms with Gasteiger partial charge in [-0.2, -0.15) is 0 Å². The third-order valence-electron chi connectivity index (χ3n) is 11.0. The molecule has 57 heavy (non-hydrogen) atoms. The number of ketones is 3. The lowest BCUT2D eigenvalue weighted by Gasteiger charge is -2.33. The maximum atomic E-state index is 14.3. The van der Waals surface area contributed by atoms with Crippen LogP contribution in [0.4, 0.5) is 0 Å². The quantitative estimate of drug-likeness (QED) is 0.0805. The SMILES string of the molecule is CCCCNC(=O)C(CC(=O)NCCN(C)CCN(C)C)CC(C)(C)C(=O)CC(CC(C)(C)C(=O)C(CC)CC(=O)CCCC)C(=O)NCCN(C)CCN(C)C. The molecule has 0 aromatic heterocycles. The average molecular weight is 808 g/mol. The van der Waals surface area contributed by atoms with Crippen LogP contribution in [0.25, 0.3) is 0 Å². The van der Waals surface area contributed by atoms with Gasteiger partial charge in [-0.25, -0.2) is 0 Å². The molecule has 3 unspecified atom stereocenters. The van der Waals surface area contributed by atoms with Gasteiger partial charge in [-0.3, -0.25) is 28.8 Å². The first-order valence-corrected chi connectivity index (χ1v) is 21.7. The van der Waals surface area contributed by atoms with Gasteiger partial charge < -0.3 is 35.6 Å². The summed E-state index contributed by atoms with van der Waals surface area (Å²) >= 11 is 0. The Hall–Kier alpha value is -2.74. The largest absolute Gasteiger partial charge is 0.356 e. The third kappa shape index (κ3) is 24.1. The molecule has 0 aliphatic heterocycles. The molecule has 3 N–H and O–H groups in total. The van der Waals surface area contributed by atoms with Gasteiger partial charge in [0.2, 0.25) is 17.7 Å². The predicted molar refractivity (Wildman–Crippen MR) is 232 cm³/mol. The molecular weight excluding hydrogens is 723 g/mol. The number of unbranched alkanes of at least 4 members (excludes halogenated alkanes) is 2. The van der Waals surface area contributed by atoms with Crippen LogP contribution in [-0.2, 0) is 28.8 Å². The summed E-state index contributed by atoms with van der Waals surface area (Å²) in [6.45, 7) is 19.2. The molecule has 332 valence electrons. The van der Waals surface area contributed by atoms with Gasteiger partial charge in [-0.15, -0.1) is 0 Å². The van der Waals surface area contributed by atoms with Gasteiger partial charge in [0.25, 0.3) is 0 Å². The normalized spacial score (nSPS) is 13.8. The molecule has 3 amide bonds. The van der Waals surface area contributed by atoms with Crippen molar-refractivity contribution in [2.24, 2.45) is 28.6 Å². The van der Waals surface area contributed by atoms with Crippen LogP contribution in [0, 0.1) is 28.6 Å². The number of rotatable bonds is 34. The van der Waals surface area contributed by atoms with Crippen LogP contribution in [0.5, 0.6) is 0 Å². The fourth-order valence-electron chi connectivity index (χ4n) is 6.88. The summed E-state index contributed by atoms with van der Waals surface area (Å²) in [5.41, 5.74) is -2.02. The van der Waals surface area contributed by atoms with E-state index in [9.17, 15) is 28.8 Å². The van der Waals surface area contributed by atoms with Crippen LogP contribution in [0.3, 0.4) is 0 Å². The molecular formula is C44H85N7O6. The maximum absolute atomic E-state index is 14.3. The summed E-state index contributed by atoms with van der Waals surface area (Å²) in [7, 11) is 12.0. The fourth-order valence-corrected chi connectivity index (χ4v) is 6.88. The molecule has 0 aromatic carbocycles. The lowest BCUT2D eigenvalue weighted by atomic mass is 9.70. The summed E-state index contributed by atoms with van der Waals surface area (Å²) < 4.78 is 0. The Balaban J connectivity index is 6.20. The number of carbonyl (C=O) groups excluding carboxylic acids is 6. The third-order valence-corrected chi connectivity index (χ3v) is 11.0. The van der Waals surface area contributed by atoms with E-state index in [1.54, 1.807) is 13.8 Å². The van der Waals surface area contributed by atoms with Crippen molar-refractivity contribution < 1.29 is 28.8 Å². The molecule has 13 nitrogen and oxygen atoms in total. The van der Waals surface area contributed by atoms with Gasteiger partial charge in [-0.05, 0) is 74.4 Å². The number of Topliss-reactive ketones (excluding diaryl/α,β-unsaturated/α-hetero) is 3. The molecule has 0 aromatic rings. The Bertz CT molecular complexity index is 1220. The second-order valence-electron chi connectivity index (χ2n) is 18.2. The number of hydrogen-bond donors (Lipinski definition) is 3. The summed E-state index contributed by atoms with van der Waals surface area (Å²) in [5, 5.41) is 8.96. The van der Waals surface area contributed by atoms with Gasteiger partial charge >= 0.3 is 0 Å². The van der Waals surface area contributed by atoms with Crippen LogP contribution in [0.15, 0.2) is 0 Å². The highest BCUT2D eigenvalue weighted by molar-refractivity contribution is 5.93. The van der Waals surface area contributed by atoms with Gasteiger partial charge in [0, 0.05) is 113 Å². The van der Waals surface area contributed by atoms with E-state index in [1.165, 1.54) is 0 Å². The zero-order valence-corrected chi connectivity index (χ0v) is 38.6. The number of nitrogens with zero attached hydrogens (tertiary/aromatic N) is 4. The lowest BCUT2D eigenvalue weighted by Crippen LogP contribution is -2.43. The molecule has 0 heterocycles. The molecule has 3 atom stereocenters. The van der Waals surface area contributed by atoms with Crippen LogP contribution in [-0.4, -0.2) is 156 Å². The first kappa shape index (κ1) is 54.3. The maximum Gasteiger partial charge on any atom is 0.223 e. The second-order valence-corrected chi connectivity index (χ2v) is 18.2. The van der Waals surface area contributed by atoms with E-state index in [4.69, 9.17) is 0 Å². The summed E-state index contributed by atoms with van der Waals surface area (Å²) in [5.74, 6) is -3.01. The van der Waals surface area contributed by atoms with E-state index >= 15 is 0 Å². The summed E-state index contributed by atoms with van der Waals surface area (Å²) in [6.07, 6.45) is 4.65. The van der Waals surface area contributed by atoms with E-state index in [0.29, 0.717) is 45.6 Å². The zero-order chi connectivity index (χ0) is 43.8. The van der Waals surface area contributed by atoms with E-state index < -0.39 is 28.6 Å². The molecule has 13 heteroatoms. The lowest BCUT2D eigenvalue weighted by molar-refractivity contribution is -0.140. The van der Waals surface area contributed by atoms with Crippen molar-refractivity contribution in [2.45, 2.75) is 119 Å². The number of hydrogen-bond acceptors (Lipinski definition) is 10. The Morgan fingerprint density at radius 3 is 1.49 bits per heavy atom. The Kier molecular flexibility index (Phi) is 27.3. The first-order valence-electron chi connectivity index (χ1n) is 21.7. The molecule has 0 fully saturated rings. The van der Waals surface area contributed by atoms with Crippen molar-refractivity contribution in [3.8, 4) is 0 Å². The molecule has 0 rings (SSSR count). The van der Waals surface area contributed by atoms with Gasteiger partial charge in [0.05, 0.1) is 0 Å². The zero-order valence-electron chi connectivity index (χ0n) is 38.6. The van der Waals surface area contributed by atoms with Crippen molar-refractivity contribution in [1.82, 2.24) is 35.6 Å². The van der Waals surface area contributed by atoms with Crippen LogP contribution in [0.1, 0.15) is 119 Å². The molecule has 0 radical (unpaired) electrons. The Morgan fingerprint density at radius 1 is 0.526 bits per heavy atom. The molecule has 0 aliphatic carbocycles. The van der Waals surface area contributed by atoms with E-state index in [-0.39, 0.29) is 67.2 Å². The number of carbonyl (C=O) groups is 6. The van der Waals surface area contributed by atoms with Crippen molar-refractivity contribution >= 4 is 35.1 Å². The van der Waals surface area contributed by atoms with Crippen LogP contribution < -0.4 is 16.0 Å². The van der Waals surface area contributed by atoms with E-state index in [0.717, 1.165) is 51.9 Å². The Morgan fingerprint density at radius 2 is 1.00 bits per heavy atom. The van der Waals surface area contributed by atoms with Gasteiger partial charge in [0.15, 0.2) is 0 Å². The van der Waals surface area contributed by atoms with Gasteiger partial charge in [-0.1, -0.05) is 61.3 Å². The van der Waals surface area contributed by atoms with Crippen molar-refractivity contribution in [1.29, 1.82) is 0 Å². The molecule has 0 spiro atoms. The highest BCUT2D eigenvalue weighted by Gasteiger charge is 2.41. The molecule has 0 bridgehead atoms.